The van der Waals surface area contributed by atoms with E-state index in [2.05, 4.69) is 4.90 Å². The predicted molar refractivity (Wildman–Crippen MR) is 74.7 cm³/mol. The van der Waals surface area contributed by atoms with E-state index in [1.807, 2.05) is 12.1 Å². The van der Waals surface area contributed by atoms with Crippen LogP contribution in [0.1, 0.15) is 22.3 Å². The number of aromatic carboxylic acids is 1. The molecule has 20 heavy (non-hydrogen) atoms. The quantitative estimate of drug-likeness (QED) is 0.889. The molecule has 2 fully saturated rings. The van der Waals surface area contributed by atoms with Crippen molar-refractivity contribution in [2.24, 2.45) is 0 Å². The Balaban J connectivity index is 1.57. The lowest BCUT2D eigenvalue weighted by Gasteiger charge is -2.26. The molecule has 0 radical (unpaired) electrons. The van der Waals surface area contributed by atoms with Crippen molar-refractivity contribution >= 4 is 15.8 Å². The summed E-state index contributed by atoms with van der Waals surface area (Å²) in [5.74, 6) is -0.617. The molecule has 1 aromatic rings. The van der Waals surface area contributed by atoms with E-state index in [1.165, 1.54) is 0 Å². The zero-order valence-corrected chi connectivity index (χ0v) is 11.8. The van der Waals surface area contributed by atoms with E-state index in [4.69, 9.17) is 5.11 Å². The highest BCUT2D eigenvalue weighted by Crippen LogP contribution is 2.32. The first-order chi connectivity index (χ1) is 9.45. The van der Waals surface area contributed by atoms with E-state index in [9.17, 15) is 13.2 Å². The van der Waals surface area contributed by atoms with E-state index < -0.39 is 15.8 Å². The van der Waals surface area contributed by atoms with Gasteiger partial charge in [-0.2, -0.15) is 0 Å². The predicted octanol–water partition coefficient (Wildman–Crippen LogP) is 0.799. The van der Waals surface area contributed by atoms with Gasteiger partial charge in [0.05, 0.1) is 16.6 Å². The Morgan fingerprint density at radius 2 is 2.00 bits per heavy atom. The van der Waals surface area contributed by atoms with Crippen molar-refractivity contribution in [2.75, 3.05) is 18.8 Å². The third-order valence-corrected chi connectivity index (χ3v) is 6.52. The van der Waals surface area contributed by atoms with Gasteiger partial charge in [-0.15, -0.1) is 0 Å². The molecule has 6 heteroatoms. The standard InChI is InChI=1S/C14H17NO4S/c16-14(17)11-3-1-10(2-4-11)5-6-15-8-13-7-12(15)9-20(13,18)19/h1-4,12-13H,5-9H2,(H,16,17). The molecule has 2 saturated heterocycles. The van der Waals surface area contributed by atoms with Crippen LogP contribution < -0.4 is 0 Å². The Kier molecular flexibility index (Phi) is 3.30. The minimum absolute atomic E-state index is 0.165. The van der Waals surface area contributed by atoms with Crippen LogP contribution in [0.15, 0.2) is 24.3 Å². The van der Waals surface area contributed by atoms with Crippen LogP contribution in [0.5, 0.6) is 0 Å². The summed E-state index contributed by atoms with van der Waals surface area (Å²) in [6.45, 7) is 1.49. The SMILES string of the molecule is O=C(O)c1ccc(CCN2CC3CC2CS3(=O)=O)cc1. The molecule has 5 nitrogen and oxygen atoms in total. The monoisotopic (exact) mass is 295 g/mol. The average molecular weight is 295 g/mol. The smallest absolute Gasteiger partial charge is 0.335 e. The molecule has 0 aromatic heterocycles. The van der Waals surface area contributed by atoms with E-state index in [-0.39, 0.29) is 11.3 Å². The van der Waals surface area contributed by atoms with E-state index >= 15 is 0 Å². The molecule has 0 saturated carbocycles. The van der Waals surface area contributed by atoms with E-state index in [1.54, 1.807) is 12.1 Å². The third kappa shape index (κ3) is 2.45. The Labute approximate surface area is 118 Å². The molecule has 2 heterocycles. The van der Waals surface area contributed by atoms with Crippen molar-refractivity contribution < 1.29 is 18.3 Å². The van der Waals surface area contributed by atoms with Gasteiger partial charge in [-0.25, -0.2) is 13.2 Å². The highest BCUT2D eigenvalue weighted by molar-refractivity contribution is 7.92. The molecule has 1 N–H and O–H groups in total. The maximum Gasteiger partial charge on any atom is 0.335 e. The van der Waals surface area contributed by atoms with Crippen molar-refractivity contribution in [3.63, 3.8) is 0 Å². The van der Waals surface area contributed by atoms with Gasteiger partial charge in [-0.1, -0.05) is 12.1 Å². The summed E-state index contributed by atoms with van der Waals surface area (Å²) in [6, 6.07) is 7.06. The number of carboxylic acid groups (broad SMARTS) is 1. The molecule has 2 bridgehead atoms. The van der Waals surface area contributed by atoms with Crippen LogP contribution >= 0.6 is 0 Å². The molecule has 0 aliphatic carbocycles. The Bertz CT molecular complexity index is 623. The number of carbonyl (C=O) groups is 1. The Morgan fingerprint density at radius 1 is 1.30 bits per heavy atom. The number of hydrogen-bond donors (Lipinski definition) is 1. The van der Waals surface area contributed by atoms with Gasteiger partial charge in [0.15, 0.2) is 9.84 Å². The van der Waals surface area contributed by atoms with E-state index in [0.717, 1.165) is 24.9 Å². The summed E-state index contributed by atoms with van der Waals surface area (Å²) in [5.41, 5.74) is 1.38. The summed E-state index contributed by atoms with van der Waals surface area (Å²) in [7, 11) is -2.83. The summed E-state index contributed by atoms with van der Waals surface area (Å²) in [4.78, 5) is 13.0. The van der Waals surface area contributed by atoms with Crippen LogP contribution in [0.3, 0.4) is 0 Å². The van der Waals surface area contributed by atoms with Gasteiger partial charge in [0.2, 0.25) is 0 Å². The molecular formula is C14H17NO4S. The summed E-state index contributed by atoms with van der Waals surface area (Å²) in [5, 5.41) is 8.67. The summed E-state index contributed by atoms with van der Waals surface area (Å²) >= 11 is 0. The largest absolute Gasteiger partial charge is 0.478 e. The molecule has 1 aromatic carbocycles. The highest BCUT2D eigenvalue weighted by atomic mass is 32.2. The van der Waals surface area contributed by atoms with Crippen molar-refractivity contribution in [3.05, 3.63) is 35.4 Å². The number of fused-ring (bicyclic) bond motifs is 2. The summed E-state index contributed by atoms with van der Waals surface area (Å²) < 4.78 is 23.3. The molecule has 0 spiro atoms. The molecular weight excluding hydrogens is 278 g/mol. The minimum atomic E-state index is -2.83. The van der Waals surface area contributed by atoms with Crippen molar-refractivity contribution in [1.29, 1.82) is 0 Å². The number of rotatable bonds is 4. The van der Waals surface area contributed by atoms with Gasteiger partial charge in [0.1, 0.15) is 0 Å². The fourth-order valence-corrected chi connectivity index (χ4v) is 5.23. The molecule has 108 valence electrons. The lowest BCUT2D eigenvalue weighted by Crippen LogP contribution is -2.41. The number of benzene rings is 1. The van der Waals surface area contributed by atoms with Gasteiger partial charge in [-0.05, 0) is 30.5 Å². The summed E-state index contributed by atoms with van der Waals surface area (Å²) in [6.07, 6.45) is 1.60. The van der Waals surface area contributed by atoms with Gasteiger partial charge >= 0.3 is 5.97 Å². The van der Waals surface area contributed by atoms with E-state index in [0.29, 0.717) is 17.9 Å². The molecule has 0 amide bonds. The van der Waals surface area contributed by atoms with Crippen LogP contribution in [0.25, 0.3) is 0 Å². The van der Waals surface area contributed by atoms with Crippen LogP contribution in [-0.2, 0) is 16.3 Å². The first-order valence-corrected chi connectivity index (χ1v) is 8.45. The van der Waals surface area contributed by atoms with Crippen LogP contribution in [-0.4, -0.2) is 54.5 Å². The minimum Gasteiger partial charge on any atom is -0.478 e. The lowest BCUT2D eigenvalue weighted by molar-refractivity contribution is 0.0697. The first kappa shape index (κ1) is 13.6. The maximum atomic E-state index is 11.7. The number of hydrogen-bond acceptors (Lipinski definition) is 4. The average Bonchev–Trinajstić information content (AvgIpc) is 2.92. The number of nitrogens with zero attached hydrogens (tertiary/aromatic N) is 1. The van der Waals surface area contributed by atoms with Gasteiger partial charge in [0.25, 0.3) is 0 Å². The topological polar surface area (TPSA) is 74.7 Å². The fraction of sp³-hybridized carbons (Fsp3) is 0.500. The second kappa shape index (κ2) is 4.86. The second-order valence-electron chi connectivity index (χ2n) is 5.59. The number of carboxylic acids is 1. The van der Waals surface area contributed by atoms with Crippen LogP contribution in [0.2, 0.25) is 0 Å². The van der Waals surface area contributed by atoms with Gasteiger partial charge < -0.3 is 5.11 Å². The molecule has 2 unspecified atom stereocenters. The van der Waals surface area contributed by atoms with Gasteiger partial charge in [0, 0.05) is 19.1 Å². The molecule has 2 aliphatic heterocycles. The van der Waals surface area contributed by atoms with Gasteiger partial charge in [-0.3, -0.25) is 4.90 Å². The van der Waals surface area contributed by atoms with Crippen molar-refractivity contribution in [2.45, 2.75) is 24.1 Å². The number of sulfone groups is 1. The molecule has 2 atom stereocenters. The highest BCUT2D eigenvalue weighted by Gasteiger charge is 2.47. The Hall–Kier alpha value is -1.40. The Morgan fingerprint density at radius 3 is 2.50 bits per heavy atom. The van der Waals surface area contributed by atoms with Crippen LogP contribution in [0, 0.1) is 0 Å². The zero-order chi connectivity index (χ0) is 14.3. The molecule has 2 aliphatic rings. The van der Waals surface area contributed by atoms with Crippen molar-refractivity contribution in [1.82, 2.24) is 4.90 Å². The van der Waals surface area contributed by atoms with Crippen LogP contribution in [0.4, 0.5) is 0 Å². The third-order valence-electron chi connectivity index (χ3n) is 4.31. The number of likely N-dealkylation sites (tertiary alicyclic amines) is 1. The first-order valence-electron chi connectivity index (χ1n) is 6.73. The lowest BCUT2D eigenvalue weighted by atomic mass is 10.1. The zero-order valence-electron chi connectivity index (χ0n) is 11.0. The fourth-order valence-electron chi connectivity index (χ4n) is 3.14. The molecule has 3 rings (SSSR count). The normalized spacial score (nSPS) is 27.8. The second-order valence-corrected chi connectivity index (χ2v) is 7.91. The maximum absolute atomic E-state index is 11.7. The van der Waals surface area contributed by atoms with Crippen molar-refractivity contribution in [3.8, 4) is 0 Å².